The maximum Gasteiger partial charge on any atom is 0.328 e. The average molecular weight is 246 g/mol. The van der Waals surface area contributed by atoms with E-state index < -0.39 is 5.97 Å². The van der Waals surface area contributed by atoms with Crippen LogP contribution in [0, 0.1) is 0 Å². The molecule has 0 aromatic heterocycles. The maximum atomic E-state index is 10.4. The minimum atomic E-state index is -0.928. The Kier molecular flexibility index (Phi) is 4.53. The molecule has 1 saturated carbocycles. The van der Waals surface area contributed by atoms with Gasteiger partial charge in [0.05, 0.1) is 12.7 Å². The van der Waals surface area contributed by atoms with Gasteiger partial charge in [0.2, 0.25) is 0 Å². The second kappa shape index (κ2) is 6.36. The molecule has 0 amide bonds. The van der Waals surface area contributed by atoms with Crippen molar-refractivity contribution in [1.29, 1.82) is 0 Å². The number of carboxylic acids is 1. The molecule has 0 spiro atoms. The Bertz CT molecular complexity index is 431. The third-order valence-corrected chi connectivity index (χ3v) is 3.16. The SMILES string of the molecule is O=C(O)/C=C/c1cccc(COC2CCCC2)c1. The third kappa shape index (κ3) is 4.00. The molecule has 0 saturated heterocycles. The summed E-state index contributed by atoms with van der Waals surface area (Å²) in [6, 6.07) is 7.79. The number of hydrogen-bond acceptors (Lipinski definition) is 2. The molecule has 1 aliphatic rings. The van der Waals surface area contributed by atoms with Gasteiger partial charge in [0.15, 0.2) is 0 Å². The van der Waals surface area contributed by atoms with Crippen LogP contribution in [0.3, 0.4) is 0 Å². The molecular formula is C15H18O3. The van der Waals surface area contributed by atoms with E-state index in [1.165, 1.54) is 25.7 Å². The fourth-order valence-corrected chi connectivity index (χ4v) is 2.22. The second-order valence-electron chi connectivity index (χ2n) is 4.63. The highest BCUT2D eigenvalue weighted by Crippen LogP contribution is 2.22. The van der Waals surface area contributed by atoms with Gasteiger partial charge in [-0.1, -0.05) is 31.0 Å². The van der Waals surface area contributed by atoms with Gasteiger partial charge in [0.25, 0.3) is 0 Å². The molecule has 3 nitrogen and oxygen atoms in total. The molecule has 1 aliphatic carbocycles. The first-order valence-corrected chi connectivity index (χ1v) is 6.35. The van der Waals surface area contributed by atoms with Gasteiger partial charge in [-0.2, -0.15) is 0 Å². The fraction of sp³-hybridized carbons (Fsp3) is 0.400. The summed E-state index contributed by atoms with van der Waals surface area (Å²) in [5, 5.41) is 8.58. The molecule has 2 rings (SSSR count). The number of aliphatic carboxylic acids is 1. The van der Waals surface area contributed by atoms with Crippen molar-refractivity contribution in [1.82, 2.24) is 0 Å². The van der Waals surface area contributed by atoms with E-state index in [0.29, 0.717) is 12.7 Å². The maximum absolute atomic E-state index is 10.4. The minimum Gasteiger partial charge on any atom is -0.478 e. The number of carboxylic acid groups (broad SMARTS) is 1. The van der Waals surface area contributed by atoms with Crippen LogP contribution >= 0.6 is 0 Å². The number of carbonyl (C=O) groups is 1. The van der Waals surface area contributed by atoms with E-state index >= 15 is 0 Å². The van der Waals surface area contributed by atoms with Crippen molar-refractivity contribution in [2.45, 2.75) is 38.4 Å². The molecule has 0 radical (unpaired) electrons. The van der Waals surface area contributed by atoms with Crippen LogP contribution in [0.5, 0.6) is 0 Å². The molecule has 1 aromatic rings. The summed E-state index contributed by atoms with van der Waals surface area (Å²) in [5.41, 5.74) is 1.99. The summed E-state index contributed by atoms with van der Waals surface area (Å²) in [4.78, 5) is 10.4. The van der Waals surface area contributed by atoms with Gasteiger partial charge in [0.1, 0.15) is 0 Å². The van der Waals surface area contributed by atoms with Gasteiger partial charge in [-0.15, -0.1) is 0 Å². The van der Waals surface area contributed by atoms with Gasteiger partial charge in [-0.05, 0) is 36.1 Å². The zero-order valence-electron chi connectivity index (χ0n) is 10.3. The number of rotatable bonds is 5. The largest absolute Gasteiger partial charge is 0.478 e. The summed E-state index contributed by atoms with van der Waals surface area (Å²) < 4.78 is 5.83. The third-order valence-electron chi connectivity index (χ3n) is 3.16. The standard InChI is InChI=1S/C15H18O3/c16-15(17)9-8-12-4-3-5-13(10-12)11-18-14-6-1-2-7-14/h3-5,8-10,14H,1-2,6-7,11H2,(H,16,17)/b9-8+. The van der Waals surface area contributed by atoms with E-state index in [4.69, 9.17) is 9.84 Å². The van der Waals surface area contributed by atoms with Gasteiger partial charge >= 0.3 is 5.97 Å². The van der Waals surface area contributed by atoms with Crippen LogP contribution in [-0.4, -0.2) is 17.2 Å². The minimum absolute atomic E-state index is 0.406. The van der Waals surface area contributed by atoms with Crippen molar-refractivity contribution >= 4 is 12.0 Å². The van der Waals surface area contributed by atoms with Gasteiger partial charge in [0, 0.05) is 6.08 Å². The Hall–Kier alpha value is -1.61. The molecule has 96 valence electrons. The molecule has 3 heteroatoms. The van der Waals surface area contributed by atoms with Crippen molar-refractivity contribution < 1.29 is 14.6 Å². The Morgan fingerprint density at radius 2 is 2.17 bits per heavy atom. The number of ether oxygens (including phenoxy) is 1. The Labute approximate surface area is 107 Å². The Balaban J connectivity index is 1.91. The van der Waals surface area contributed by atoms with Crippen LogP contribution in [0.15, 0.2) is 30.3 Å². The highest BCUT2D eigenvalue weighted by molar-refractivity contribution is 5.85. The summed E-state index contributed by atoms with van der Waals surface area (Å²) >= 11 is 0. The zero-order chi connectivity index (χ0) is 12.8. The highest BCUT2D eigenvalue weighted by atomic mass is 16.5. The lowest BCUT2D eigenvalue weighted by Crippen LogP contribution is -2.07. The lowest BCUT2D eigenvalue weighted by molar-refractivity contribution is -0.131. The monoisotopic (exact) mass is 246 g/mol. The summed E-state index contributed by atoms with van der Waals surface area (Å²) in [6.07, 6.45) is 8.02. The lowest BCUT2D eigenvalue weighted by atomic mass is 10.1. The van der Waals surface area contributed by atoms with E-state index in [1.54, 1.807) is 6.08 Å². The molecular weight excluding hydrogens is 228 g/mol. The van der Waals surface area contributed by atoms with Crippen LogP contribution in [0.25, 0.3) is 6.08 Å². The molecule has 1 fully saturated rings. The topological polar surface area (TPSA) is 46.5 Å². The molecule has 0 heterocycles. The Morgan fingerprint density at radius 1 is 1.39 bits per heavy atom. The first-order chi connectivity index (χ1) is 8.74. The van der Waals surface area contributed by atoms with Crippen molar-refractivity contribution in [2.24, 2.45) is 0 Å². The molecule has 0 atom stereocenters. The molecule has 1 aromatic carbocycles. The van der Waals surface area contributed by atoms with Crippen LogP contribution in [0.2, 0.25) is 0 Å². The van der Waals surface area contributed by atoms with E-state index in [-0.39, 0.29) is 0 Å². The Morgan fingerprint density at radius 3 is 2.89 bits per heavy atom. The summed E-state index contributed by atoms with van der Waals surface area (Å²) in [7, 11) is 0. The van der Waals surface area contributed by atoms with Crippen molar-refractivity contribution in [3.05, 3.63) is 41.5 Å². The molecule has 18 heavy (non-hydrogen) atoms. The number of hydrogen-bond donors (Lipinski definition) is 1. The van der Waals surface area contributed by atoms with Gasteiger partial charge < -0.3 is 9.84 Å². The first-order valence-electron chi connectivity index (χ1n) is 6.35. The predicted octanol–water partition coefficient (Wildman–Crippen LogP) is 3.24. The van der Waals surface area contributed by atoms with E-state index in [1.807, 2.05) is 24.3 Å². The van der Waals surface area contributed by atoms with Crippen LogP contribution in [0.1, 0.15) is 36.8 Å². The van der Waals surface area contributed by atoms with Gasteiger partial charge in [-0.3, -0.25) is 0 Å². The second-order valence-corrected chi connectivity index (χ2v) is 4.63. The van der Waals surface area contributed by atoms with Crippen molar-refractivity contribution in [3.63, 3.8) is 0 Å². The van der Waals surface area contributed by atoms with E-state index in [9.17, 15) is 4.79 Å². The lowest BCUT2D eigenvalue weighted by Gasteiger charge is -2.11. The summed E-state index contributed by atoms with van der Waals surface area (Å²) in [6.45, 7) is 0.611. The average Bonchev–Trinajstić information content (AvgIpc) is 2.87. The zero-order valence-corrected chi connectivity index (χ0v) is 10.3. The normalized spacial score (nSPS) is 16.4. The molecule has 0 aliphatic heterocycles. The van der Waals surface area contributed by atoms with E-state index in [0.717, 1.165) is 17.2 Å². The predicted molar refractivity (Wildman–Crippen MR) is 70.2 cm³/mol. The highest BCUT2D eigenvalue weighted by Gasteiger charge is 2.14. The molecule has 1 N–H and O–H groups in total. The van der Waals surface area contributed by atoms with Crippen molar-refractivity contribution in [2.75, 3.05) is 0 Å². The van der Waals surface area contributed by atoms with Crippen LogP contribution in [-0.2, 0) is 16.1 Å². The quantitative estimate of drug-likeness (QED) is 0.811. The van der Waals surface area contributed by atoms with Gasteiger partial charge in [-0.25, -0.2) is 4.79 Å². The van der Waals surface area contributed by atoms with Crippen molar-refractivity contribution in [3.8, 4) is 0 Å². The van der Waals surface area contributed by atoms with Crippen LogP contribution in [0.4, 0.5) is 0 Å². The van der Waals surface area contributed by atoms with Crippen LogP contribution < -0.4 is 0 Å². The summed E-state index contributed by atoms with van der Waals surface area (Å²) in [5.74, 6) is -0.928. The smallest absolute Gasteiger partial charge is 0.328 e. The first kappa shape index (κ1) is 12.8. The van der Waals surface area contributed by atoms with E-state index in [2.05, 4.69) is 0 Å². The number of benzene rings is 1. The molecule has 0 unspecified atom stereocenters. The fourth-order valence-electron chi connectivity index (χ4n) is 2.22. The molecule has 0 bridgehead atoms.